The highest BCUT2D eigenvalue weighted by atomic mass is 19.4. The molecule has 1 atom stereocenters. The van der Waals surface area contributed by atoms with Crippen LogP contribution in [0.3, 0.4) is 0 Å². The first-order valence-electron chi connectivity index (χ1n) is 6.39. The number of aliphatic hydroxyl groups excluding tert-OH is 1. The van der Waals surface area contributed by atoms with Crippen molar-refractivity contribution in [3.63, 3.8) is 0 Å². The van der Waals surface area contributed by atoms with Gasteiger partial charge in [0.05, 0.1) is 6.61 Å². The van der Waals surface area contributed by atoms with Crippen molar-refractivity contribution in [3.8, 4) is 0 Å². The van der Waals surface area contributed by atoms with E-state index in [0.717, 1.165) is 18.4 Å². The van der Waals surface area contributed by atoms with Gasteiger partial charge in [-0.3, -0.25) is 0 Å². The maximum absolute atomic E-state index is 12.0. The molecule has 1 saturated carbocycles. The SMILES string of the molecule is OC(COCC(F)(F)F)c1ccccc1C1CCC1. The summed E-state index contributed by atoms with van der Waals surface area (Å²) in [6.07, 6.45) is -2.04. The molecule has 1 aliphatic carbocycles. The van der Waals surface area contributed by atoms with Crippen LogP contribution in [0.25, 0.3) is 0 Å². The van der Waals surface area contributed by atoms with Crippen molar-refractivity contribution >= 4 is 0 Å². The predicted octanol–water partition coefficient (Wildman–Crippen LogP) is 3.57. The number of rotatable bonds is 5. The Morgan fingerprint density at radius 1 is 1.26 bits per heavy atom. The first-order valence-corrected chi connectivity index (χ1v) is 6.39. The standard InChI is InChI=1S/C14H17F3O2/c15-14(16,17)9-19-8-13(18)12-7-2-1-6-11(12)10-4-3-5-10/h1-2,6-7,10,13,18H,3-5,8-9H2. The van der Waals surface area contributed by atoms with Gasteiger partial charge in [-0.1, -0.05) is 30.7 Å². The summed E-state index contributed by atoms with van der Waals surface area (Å²) in [7, 11) is 0. The number of hydrogen-bond acceptors (Lipinski definition) is 2. The Bertz CT molecular complexity index is 413. The Balaban J connectivity index is 1.96. The summed E-state index contributed by atoms with van der Waals surface area (Å²) in [4.78, 5) is 0. The summed E-state index contributed by atoms with van der Waals surface area (Å²) in [5.74, 6) is 0.425. The van der Waals surface area contributed by atoms with E-state index < -0.39 is 18.9 Å². The van der Waals surface area contributed by atoms with Crippen LogP contribution in [0.5, 0.6) is 0 Å². The summed E-state index contributed by atoms with van der Waals surface area (Å²) in [6, 6.07) is 7.37. The molecule has 0 aromatic heterocycles. The lowest BCUT2D eigenvalue weighted by Crippen LogP contribution is -2.21. The second-order valence-corrected chi connectivity index (χ2v) is 4.90. The van der Waals surface area contributed by atoms with Gasteiger partial charge in [0.2, 0.25) is 0 Å². The lowest BCUT2D eigenvalue weighted by atomic mass is 9.77. The highest BCUT2D eigenvalue weighted by molar-refractivity contribution is 5.33. The average molecular weight is 274 g/mol. The van der Waals surface area contributed by atoms with Gasteiger partial charge < -0.3 is 9.84 Å². The highest BCUT2D eigenvalue weighted by Crippen LogP contribution is 2.39. The number of hydrogen-bond donors (Lipinski definition) is 1. The molecule has 0 radical (unpaired) electrons. The first-order chi connectivity index (χ1) is 8.97. The molecular weight excluding hydrogens is 257 g/mol. The third-order valence-electron chi connectivity index (χ3n) is 3.44. The molecule has 106 valence electrons. The Morgan fingerprint density at radius 2 is 1.95 bits per heavy atom. The number of benzene rings is 1. The van der Waals surface area contributed by atoms with Gasteiger partial charge in [0.25, 0.3) is 0 Å². The zero-order valence-electron chi connectivity index (χ0n) is 10.5. The van der Waals surface area contributed by atoms with E-state index in [-0.39, 0.29) is 6.61 Å². The van der Waals surface area contributed by atoms with Crippen molar-refractivity contribution < 1.29 is 23.0 Å². The molecule has 0 bridgehead atoms. The zero-order chi connectivity index (χ0) is 13.9. The van der Waals surface area contributed by atoms with Gasteiger partial charge in [-0.05, 0) is 29.9 Å². The molecule has 19 heavy (non-hydrogen) atoms. The maximum Gasteiger partial charge on any atom is 0.411 e. The molecule has 1 N–H and O–H groups in total. The van der Waals surface area contributed by atoms with Crippen LogP contribution in [-0.2, 0) is 4.74 Å². The third-order valence-corrected chi connectivity index (χ3v) is 3.44. The minimum atomic E-state index is -4.35. The molecule has 0 amide bonds. The van der Waals surface area contributed by atoms with Gasteiger partial charge in [-0.25, -0.2) is 0 Å². The molecule has 0 spiro atoms. The van der Waals surface area contributed by atoms with E-state index in [4.69, 9.17) is 0 Å². The molecule has 0 aliphatic heterocycles. The van der Waals surface area contributed by atoms with Crippen molar-refractivity contribution in [1.82, 2.24) is 0 Å². The molecule has 1 aromatic carbocycles. The number of alkyl halides is 3. The van der Waals surface area contributed by atoms with Crippen LogP contribution in [0.1, 0.15) is 42.4 Å². The quantitative estimate of drug-likeness (QED) is 0.889. The normalized spacial score (nSPS) is 18.1. The number of ether oxygens (including phenoxy) is 1. The average Bonchev–Trinajstić information content (AvgIpc) is 2.25. The second kappa shape index (κ2) is 5.92. The van der Waals surface area contributed by atoms with Gasteiger partial charge in [-0.15, -0.1) is 0 Å². The molecule has 1 unspecified atom stereocenters. The van der Waals surface area contributed by atoms with Crippen molar-refractivity contribution in [3.05, 3.63) is 35.4 Å². The smallest absolute Gasteiger partial charge is 0.386 e. The Hall–Kier alpha value is -1.07. The second-order valence-electron chi connectivity index (χ2n) is 4.90. The molecule has 0 heterocycles. The highest BCUT2D eigenvalue weighted by Gasteiger charge is 2.29. The minimum Gasteiger partial charge on any atom is -0.386 e. The van der Waals surface area contributed by atoms with Crippen LogP contribution >= 0.6 is 0 Å². The fourth-order valence-corrected chi connectivity index (χ4v) is 2.28. The van der Waals surface area contributed by atoms with E-state index in [9.17, 15) is 18.3 Å². The van der Waals surface area contributed by atoms with Crippen LogP contribution < -0.4 is 0 Å². The lowest BCUT2D eigenvalue weighted by Gasteiger charge is -2.29. The molecule has 0 saturated heterocycles. The molecule has 2 nitrogen and oxygen atoms in total. The molecule has 1 aromatic rings. The molecule has 1 fully saturated rings. The van der Waals surface area contributed by atoms with Crippen LogP contribution in [0.15, 0.2) is 24.3 Å². The largest absolute Gasteiger partial charge is 0.411 e. The summed E-state index contributed by atoms with van der Waals surface area (Å²) in [6.45, 7) is -1.65. The number of halogens is 3. The molecular formula is C14H17F3O2. The monoisotopic (exact) mass is 274 g/mol. The predicted molar refractivity (Wildman–Crippen MR) is 64.9 cm³/mol. The van der Waals surface area contributed by atoms with Crippen LogP contribution in [0, 0.1) is 0 Å². The Kier molecular flexibility index (Phi) is 4.47. The Labute approximate surface area is 110 Å². The van der Waals surface area contributed by atoms with Crippen molar-refractivity contribution in [2.45, 2.75) is 37.5 Å². The van der Waals surface area contributed by atoms with Gasteiger partial charge in [0.15, 0.2) is 0 Å². The van der Waals surface area contributed by atoms with E-state index in [0.29, 0.717) is 11.5 Å². The topological polar surface area (TPSA) is 29.5 Å². The van der Waals surface area contributed by atoms with Gasteiger partial charge in [0, 0.05) is 0 Å². The van der Waals surface area contributed by atoms with E-state index in [1.165, 1.54) is 6.42 Å². The summed E-state index contributed by atoms with van der Waals surface area (Å²) in [5.41, 5.74) is 1.73. The summed E-state index contributed by atoms with van der Waals surface area (Å²) < 4.78 is 40.4. The fourth-order valence-electron chi connectivity index (χ4n) is 2.28. The molecule has 5 heteroatoms. The third kappa shape index (κ3) is 3.94. The van der Waals surface area contributed by atoms with Crippen molar-refractivity contribution in [2.24, 2.45) is 0 Å². The zero-order valence-corrected chi connectivity index (χ0v) is 10.5. The lowest BCUT2D eigenvalue weighted by molar-refractivity contribution is -0.179. The van der Waals surface area contributed by atoms with Crippen molar-refractivity contribution in [1.29, 1.82) is 0 Å². The van der Waals surface area contributed by atoms with E-state index in [2.05, 4.69) is 4.74 Å². The van der Waals surface area contributed by atoms with Crippen LogP contribution in [-0.4, -0.2) is 24.5 Å². The van der Waals surface area contributed by atoms with E-state index >= 15 is 0 Å². The molecule has 1 aliphatic rings. The van der Waals surface area contributed by atoms with E-state index in [1.54, 1.807) is 12.1 Å². The Morgan fingerprint density at radius 3 is 2.53 bits per heavy atom. The summed E-state index contributed by atoms with van der Waals surface area (Å²) in [5, 5.41) is 9.97. The van der Waals surface area contributed by atoms with E-state index in [1.807, 2.05) is 12.1 Å². The van der Waals surface area contributed by atoms with Gasteiger partial charge in [0.1, 0.15) is 12.7 Å². The molecule has 2 rings (SSSR count). The minimum absolute atomic E-state index is 0.330. The summed E-state index contributed by atoms with van der Waals surface area (Å²) >= 11 is 0. The van der Waals surface area contributed by atoms with Crippen molar-refractivity contribution in [2.75, 3.05) is 13.2 Å². The van der Waals surface area contributed by atoms with Gasteiger partial charge in [-0.2, -0.15) is 13.2 Å². The maximum atomic E-state index is 12.0. The fraction of sp³-hybridized carbons (Fsp3) is 0.571. The first kappa shape index (κ1) is 14.3. The van der Waals surface area contributed by atoms with Crippen LogP contribution in [0.2, 0.25) is 0 Å². The van der Waals surface area contributed by atoms with Gasteiger partial charge >= 0.3 is 6.18 Å². The number of aliphatic hydroxyl groups is 1. The van der Waals surface area contributed by atoms with Crippen LogP contribution in [0.4, 0.5) is 13.2 Å².